The van der Waals surface area contributed by atoms with Crippen LogP contribution in [0.4, 0.5) is 4.39 Å². The zero-order valence-electron chi connectivity index (χ0n) is 11.1. The van der Waals surface area contributed by atoms with Gasteiger partial charge in [0.15, 0.2) is 0 Å². The van der Waals surface area contributed by atoms with E-state index in [1.54, 1.807) is 11.0 Å². The van der Waals surface area contributed by atoms with Crippen LogP contribution >= 0.6 is 0 Å². The van der Waals surface area contributed by atoms with Crippen molar-refractivity contribution >= 4 is 5.91 Å². The maximum atomic E-state index is 13.1. The lowest BCUT2D eigenvalue weighted by molar-refractivity contribution is -0.162. The van der Waals surface area contributed by atoms with Crippen LogP contribution in [-0.2, 0) is 16.1 Å². The summed E-state index contributed by atoms with van der Waals surface area (Å²) in [5, 5.41) is 0. The number of morpholine rings is 1. The van der Waals surface area contributed by atoms with Crippen LogP contribution in [0, 0.1) is 5.82 Å². The SMILES string of the molecule is CC1(CCN)CN(Cc2cccc(F)c2)C(=O)CO1. The number of hydrogen-bond acceptors (Lipinski definition) is 3. The monoisotopic (exact) mass is 266 g/mol. The summed E-state index contributed by atoms with van der Waals surface area (Å²) in [6, 6.07) is 6.30. The maximum absolute atomic E-state index is 13.1. The molecule has 1 aromatic carbocycles. The second kappa shape index (κ2) is 5.67. The number of nitrogens with zero attached hydrogens (tertiary/aromatic N) is 1. The highest BCUT2D eigenvalue weighted by atomic mass is 19.1. The van der Waals surface area contributed by atoms with Crippen LogP contribution in [0.3, 0.4) is 0 Å². The van der Waals surface area contributed by atoms with Gasteiger partial charge in [-0.05, 0) is 37.6 Å². The molecule has 1 atom stereocenters. The molecule has 1 aliphatic rings. The van der Waals surface area contributed by atoms with Gasteiger partial charge in [0.05, 0.1) is 5.60 Å². The summed E-state index contributed by atoms with van der Waals surface area (Å²) in [6.45, 7) is 3.41. The molecule has 0 spiro atoms. The van der Waals surface area contributed by atoms with Crippen LogP contribution in [0.25, 0.3) is 0 Å². The molecular weight excluding hydrogens is 247 g/mol. The first kappa shape index (κ1) is 14.0. The second-order valence-electron chi connectivity index (χ2n) is 5.16. The third-order valence-electron chi connectivity index (χ3n) is 3.36. The lowest BCUT2D eigenvalue weighted by Gasteiger charge is -2.40. The number of nitrogens with two attached hydrogens (primary N) is 1. The Morgan fingerprint density at radius 2 is 2.32 bits per heavy atom. The molecule has 0 radical (unpaired) electrons. The van der Waals surface area contributed by atoms with Gasteiger partial charge in [0, 0.05) is 13.1 Å². The molecule has 1 unspecified atom stereocenters. The fraction of sp³-hybridized carbons (Fsp3) is 0.500. The molecule has 0 saturated carbocycles. The van der Waals surface area contributed by atoms with E-state index in [1.807, 2.05) is 13.0 Å². The lowest BCUT2D eigenvalue weighted by Crippen LogP contribution is -2.53. The van der Waals surface area contributed by atoms with Crippen molar-refractivity contribution in [1.82, 2.24) is 4.90 Å². The van der Waals surface area contributed by atoms with Crippen molar-refractivity contribution in [3.8, 4) is 0 Å². The molecule has 1 amide bonds. The average molecular weight is 266 g/mol. The van der Waals surface area contributed by atoms with Crippen LogP contribution in [0.1, 0.15) is 18.9 Å². The minimum Gasteiger partial charge on any atom is -0.364 e. The van der Waals surface area contributed by atoms with Gasteiger partial charge in [0.1, 0.15) is 12.4 Å². The van der Waals surface area contributed by atoms with Crippen LogP contribution < -0.4 is 5.73 Å². The first-order chi connectivity index (χ1) is 9.02. The van der Waals surface area contributed by atoms with Gasteiger partial charge in [-0.3, -0.25) is 4.79 Å². The molecule has 5 heteroatoms. The first-order valence-corrected chi connectivity index (χ1v) is 6.39. The number of rotatable bonds is 4. The summed E-state index contributed by atoms with van der Waals surface area (Å²) in [7, 11) is 0. The molecule has 4 nitrogen and oxygen atoms in total. The lowest BCUT2D eigenvalue weighted by atomic mass is 9.99. The van der Waals surface area contributed by atoms with Crippen LogP contribution in [0.15, 0.2) is 24.3 Å². The topological polar surface area (TPSA) is 55.6 Å². The number of hydrogen-bond donors (Lipinski definition) is 1. The van der Waals surface area contributed by atoms with Gasteiger partial charge in [0.25, 0.3) is 0 Å². The molecule has 1 fully saturated rings. The van der Waals surface area contributed by atoms with Gasteiger partial charge in [0.2, 0.25) is 5.91 Å². The molecular formula is C14H19FN2O2. The van der Waals surface area contributed by atoms with Crippen molar-refractivity contribution in [2.75, 3.05) is 19.7 Å². The van der Waals surface area contributed by atoms with Crippen molar-refractivity contribution in [1.29, 1.82) is 0 Å². The highest BCUT2D eigenvalue weighted by molar-refractivity contribution is 5.78. The highest BCUT2D eigenvalue weighted by Gasteiger charge is 2.35. The molecule has 104 valence electrons. The minimum atomic E-state index is -0.407. The average Bonchev–Trinajstić information content (AvgIpc) is 2.34. The van der Waals surface area contributed by atoms with E-state index in [-0.39, 0.29) is 18.3 Å². The molecule has 1 aliphatic heterocycles. The van der Waals surface area contributed by atoms with Gasteiger partial charge in [-0.2, -0.15) is 0 Å². The molecule has 1 saturated heterocycles. The van der Waals surface area contributed by atoms with Gasteiger partial charge >= 0.3 is 0 Å². The quantitative estimate of drug-likeness (QED) is 0.893. The van der Waals surface area contributed by atoms with Crippen molar-refractivity contribution < 1.29 is 13.9 Å². The fourth-order valence-electron chi connectivity index (χ4n) is 2.32. The zero-order valence-corrected chi connectivity index (χ0v) is 11.1. The Hall–Kier alpha value is -1.46. The summed E-state index contributed by atoms with van der Waals surface area (Å²) in [5.41, 5.74) is 5.94. The van der Waals surface area contributed by atoms with E-state index in [0.717, 1.165) is 5.56 Å². The van der Waals surface area contributed by atoms with Gasteiger partial charge < -0.3 is 15.4 Å². The van der Waals surface area contributed by atoms with E-state index in [1.165, 1.54) is 12.1 Å². The Bertz CT molecular complexity index is 467. The van der Waals surface area contributed by atoms with E-state index in [9.17, 15) is 9.18 Å². The van der Waals surface area contributed by atoms with Crippen LogP contribution in [0.5, 0.6) is 0 Å². The summed E-state index contributed by atoms with van der Waals surface area (Å²) >= 11 is 0. The van der Waals surface area contributed by atoms with E-state index in [0.29, 0.717) is 26.1 Å². The normalized spacial score (nSPS) is 23.7. The smallest absolute Gasteiger partial charge is 0.248 e. The van der Waals surface area contributed by atoms with Gasteiger partial charge in [-0.25, -0.2) is 4.39 Å². The summed E-state index contributed by atoms with van der Waals surface area (Å²) < 4.78 is 18.7. The highest BCUT2D eigenvalue weighted by Crippen LogP contribution is 2.23. The van der Waals surface area contributed by atoms with Crippen molar-refractivity contribution in [3.63, 3.8) is 0 Å². The van der Waals surface area contributed by atoms with Crippen LogP contribution in [0.2, 0.25) is 0 Å². The Labute approximate surface area is 112 Å². The fourth-order valence-corrected chi connectivity index (χ4v) is 2.32. The van der Waals surface area contributed by atoms with Crippen molar-refractivity contribution in [2.24, 2.45) is 5.73 Å². The van der Waals surface area contributed by atoms with Gasteiger partial charge in [-0.15, -0.1) is 0 Å². The number of ether oxygens (including phenoxy) is 1. The van der Waals surface area contributed by atoms with E-state index in [4.69, 9.17) is 10.5 Å². The second-order valence-corrected chi connectivity index (χ2v) is 5.16. The first-order valence-electron chi connectivity index (χ1n) is 6.39. The molecule has 2 rings (SSSR count). The minimum absolute atomic E-state index is 0.0613. The molecule has 1 aromatic rings. The van der Waals surface area contributed by atoms with E-state index >= 15 is 0 Å². The molecule has 1 heterocycles. The number of amides is 1. The van der Waals surface area contributed by atoms with Gasteiger partial charge in [-0.1, -0.05) is 12.1 Å². The number of carbonyl (C=O) groups is 1. The number of halogens is 1. The van der Waals surface area contributed by atoms with E-state index in [2.05, 4.69) is 0 Å². The predicted molar refractivity (Wildman–Crippen MR) is 69.8 cm³/mol. The third kappa shape index (κ3) is 3.52. The summed E-state index contributed by atoms with van der Waals surface area (Å²) in [6.07, 6.45) is 0.694. The molecule has 0 aromatic heterocycles. The van der Waals surface area contributed by atoms with E-state index < -0.39 is 5.60 Å². The largest absolute Gasteiger partial charge is 0.364 e. The van der Waals surface area contributed by atoms with Crippen molar-refractivity contribution in [2.45, 2.75) is 25.5 Å². The summed E-state index contributed by atoms with van der Waals surface area (Å²) in [5.74, 6) is -0.360. The predicted octanol–water partition coefficient (Wildman–Crippen LogP) is 1.29. The molecule has 19 heavy (non-hydrogen) atoms. The number of benzene rings is 1. The maximum Gasteiger partial charge on any atom is 0.248 e. The Morgan fingerprint density at radius 3 is 3.00 bits per heavy atom. The Balaban J connectivity index is 2.07. The van der Waals surface area contributed by atoms with Crippen molar-refractivity contribution in [3.05, 3.63) is 35.6 Å². The third-order valence-corrected chi connectivity index (χ3v) is 3.36. The zero-order chi connectivity index (χ0) is 13.9. The standard InChI is InChI=1S/C14H19FN2O2/c1-14(5-6-16)10-17(13(18)9-19-14)8-11-3-2-4-12(15)7-11/h2-4,7H,5-6,8-10,16H2,1H3. The molecule has 2 N–H and O–H groups in total. The number of carbonyl (C=O) groups excluding carboxylic acids is 1. The molecule has 0 bridgehead atoms. The molecule has 0 aliphatic carbocycles. The Kier molecular flexibility index (Phi) is 4.17. The van der Waals surface area contributed by atoms with Crippen LogP contribution in [-0.4, -0.2) is 36.1 Å². The summed E-state index contributed by atoms with van der Waals surface area (Å²) in [4.78, 5) is 13.6. The Morgan fingerprint density at radius 1 is 1.53 bits per heavy atom.